The molecule has 0 fully saturated rings. The Hall–Kier alpha value is -3.52. The molecule has 0 saturated carbocycles. The van der Waals surface area contributed by atoms with Gasteiger partial charge in [-0.25, -0.2) is 19.9 Å². The van der Waals surface area contributed by atoms with Gasteiger partial charge < -0.3 is 14.5 Å². The molecular weight excluding hydrogens is 382 g/mol. The van der Waals surface area contributed by atoms with Gasteiger partial charge in [0.15, 0.2) is 0 Å². The quantitative estimate of drug-likeness (QED) is 0.508. The molecule has 9 heteroatoms. The highest BCUT2D eigenvalue weighted by Gasteiger charge is 2.24. The second-order valence-corrected chi connectivity index (χ2v) is 6.64. The van der Waals surface area contributed by atoms with Crippen LogP contribution >= 0.6 is 11.6 Å². The summed E-state index contributed by atoms with van der Waals surface area (Å²) >= 11 is 5.86. The second-order valence-electron chi connectivity index (χ2n) is 6.25. The van der Waals surface area contributed by atoms with Gasteiger partial charge in [0.2, 0.25) is 17.5 Å². The lowest BCUT2D eigenvalue weighted by atomic mass is 10.1. The number of rotatable bonds is 2. The molecule has 0 saturated heterocycles. The molecule has 0 spiro atoms. The molecule has 1 amide bonds. The molecule has 3 aromatic heterocycles. The van der Waals surface area contributed by atoms with Crippen LogP contribution in [0.5, 0.6) is 11.8 Å². The number of anilines is 1. The number of hydrogen-bond acceptors (Lipinski definition) is 7. The SMILES string of the molecule is CC1=NC(=O)c2oc3ccc4nc(Oc5cc(Cl)ncn5)ccc4c3c2NC1. The number of ether oxygens (including phenoxy) is 1. The Labute approximate surface area is 163 Å². The number of furan rings is 1. The Kier molecular flexibility index (Phi) is 3.73. The molecule has 1 aliphatic heterocycles. The number of pyridine rings is 1. The number of halogens is 1. The molecule has 0 aliphatic carbocycles. The van der Waals surface area contributed by atoms with Crippen LogP contribution in [0, 0.1) is 0 Å². The average molecular weight is 394 g/mol. The van der Waals surface area contributed by atoms with Crippen molar-refractivity contribution in [2.75, 3.05) is 11.9 Å². The Balaban J connectivity index is 1.62. The van der Waals surface area contributed by atoms with Gasteiger partial charge in [0.25, 0.3) is 0 Å². The summed E-state index contributed by atoms with van der Waals surface area (Å²) in [5, 5.41) is 5.14. The first kappa shape index (κ1) is 16.6. The van der Waals surface area contributed by atoms with Gasteiger partial charge in [0, 0.05) is 23.2 Å². The Morgan fingerprint density at radius 3 is 2.93 bits per heavy atom. The van der Waals surface area contributed by atoms with Crippen LogP contribution in [0.4, 0.5) is 5.69 Å². The van der Waals surface area contributed by atoms with E-state index < -0.39 is 5.91 Å². The summed E-state index contributed by atoms with van der Waals surface area (Å²) in [6.07, 6.45) is 1.32. The molecule has 4 heterocycles. The van der Waals surface area contributed by atoms with Crippen molar-refractivity contribution in [3.8, 4) is 11.8 Å². The molecular formula is C19H12ClN5O3. The van der Waals surface area contributed by atoms with Gasteiger partial charge in [-0.05, 0) is 25.1 Å². The third kappa shape index (κ3) is 2.74. The minimum atomic E-state index is -0.393. The fourth-order valence-corrected chi connectivity index (χ4v) is 3.26. The minimum absolute atomic E-state index is 0.204. The van der Waals surface area contributed by atoms with Crippen LogP contribution in [0.1, 0.15) is 17.5 Å². The molecule has 1 aliphatic rings. The number of amides is 1. The van der Waals surface area contributed by atoms with Crippen molar-refractivity contribution >= 4 is 50.8 Å². The smallest absolute Gasteiger partial charge is 0.314 e. The molecule has 28 heavy (non-hydrogen) atoms. The van der Waals surface area contributed by atoms with Crippen molar-refractivity contribution in [1.82, 2.24) is 15.0 Å². The van der Waals surface area contributed by atoms with E-state index >= 15 is 0 Å². The normalized spacial score (nSPS) is 13.8. The van der Waals surface area contributed by atoms with Crippen molar-refractivity contribution in [3.63, 3.8) is 0 Å². The first-order valence-electron chi connectivity index (χ1n) is 8.42. The predicted octanol–water partition coefficient (Wildman–Crippen LogP) is 4.24. The molecule has 5 rings (SSSR count). The molecule has 1 N–H and O–H groups in total. The lowest BCUT2D eigenvalue weighted by Crippen LogP contribution is -2.08. The zero-order valence-corrected chi connectivity index (χ0v) is 15.3. The number of nitrogens with zero attached hydrogens (tertiary/aromatic N) is 4. The number of nitrogens with one attached hydrogen (secondary N) is 1. The van der Waals surface area contributed by atoms with Crippen LogP contribution < -0.4 is 10.1 Å². The minimum Gasteiger partial charge on any atom is -0.449 e. The van der Waals surface area contributed by atoms with Crippen molar-refractivity contribution in [2.45, 2.75) is 6.92 Å². The van der Waals surface area contributed by atoms with Crippen molar-refractivity contribution in [2.24, 2.45) is 4.99 Å². The zero-order chi connectivity index (χ0) is 19.3. The van der Waals surface area contributed by atoms with Crippen molar-refractivity contribution < 1.29 is 13.9 Å². The maximum absolute atomic E-state index is 12.3. The van der Waals surface area contributed by atoms with E-state index in [-0.39, 0.29) is 10.9 Å². The molecule has 138 valence electrons. The molecule has 0 unspecified atom stereocenters. The van der Waals surface area contributed by atoms with E-state index in [0.717, 1.165) is 10.8 Å². The van der Waals surface area contributed by atoms with Gasteiger partial charge in [-0.3, -0.25) is 4.79 Å². The standard InChI is InChI=1S/C19H12ClN5O3/c1-9-7-21-17-16-10-2-5-14(28-15-6-13(20)22-8-23-15)25-11(10)3-4-12(16)27-18(17)19(26)24-9/h2-6,8,21H,7H2,1H3. The highest BCUT2D eigenvalue weighted by atomic mass is 35.5. The van der Waals surface area contributed by atoms with Crippen LogP contribution in [0.15, 0.2) is 46.1 Å². The Bertz CT molecular complexity index is 1300. The predicted molar refractivity (Wildman–Crippen MR) is 105 cm³/mol. The number of carbonyl (C=O) groups excluding carboxylic acids is 1. The van der Waals surface area contributed by atoms with Gasteiger partial charge in [0.1, 0.15) is 17.1 Å². The van der Waals surface area contributed by atoms with E-state index in [1.54, 1.807) is 25.1 Å². The summed E-state index contributed by atoms with van der Waals surface area (Å²) in [7, 11) is 0. The molecule has 0 radical (unpaired) electrons. The number of aromatic nitrogens is 3. The molecule has 0 bridgehead atoms. The Morgan fingerprint density at radius 1 is 1.18 bits per heavy atom. The van der Waals surface area contributed by atoms with Crippen LogP contribution in [0.3, 0.4) is 0 Å². The van der Waals surface area contributed by atoms with Gasteiger partial charge in [-0.15, -0.1) is 0 Å². The summed E-state index contributed by atoms with van der Waals surface area (Å²) < 4.78 is 11.4. The van der Waals surface area contributed by atoms with E-state index in [1.807, 2.05) is 6.07 Å². The average Bonchev–Trinajstić information content (AvgIpc) is 2.99. The summed E-state index contributed by atoms with van der Waals surface area (Å²) in [5.74, 6) is 0.468. The zero-order valence-electron chi connectivity index (χ0n) is 14.6. The summed E-state index contributed by atoms with van der Waals surface area (Å²) in [6, 6.07) is 8.67. The first-order chi connectivity index (χ1) is 13.6. The summed E-state index contributed by atoms with van der Waals surface area (Å²) in [5.41, 5.74) is 2.60. The van der Waals surface area contributed by atoms with Crippen LogP contribution in [0.2, 0.25) is 5.15 Å². The maximum atomic E-state index is 12.3. The molecule has 1 aromatic carbocycles. The topological polar surface area (TPSA) is 102 Å². The first-order valence-corrected chi connectivity index (χ1v) is 8.80. The molecule has 4 aromatic rings. The van der Waals surface area contributed by atoms with Crippen LogP contribution in [-0.4, -0.2) is 33.1 Å². The number of fused-ring (bicyclic) bond motifs is 5. The fraction of sp³-hybridized carbons (Fsp3) is 0.105. The van der Waals surface area contributed by atoms with Crippen LogP contribution in [0.25, 0.3) is 21.9 Å². The summed E-state index contributed by atoms with van der Waals surface area (Å²) in [4.78, 5) is 28.7. The van der Waals surface area contributed by atoms with Crippen molar-refractivity contribution in [3.05, 3.63) is 47.6 Å². The summed E-state index contributed by atoms with van der Waals surface area (Å²) in [6.45, 7) is 2.26. The molecule has 0 atom stereocenters. The van der Waals surface area contributed by atoms with E-state index in [0.29, 0.717) is 40.8 Å². The number of carbonyl (C=O) groups is 1. The third-order valence-electron chi connectivity index (χ3n) is 4.32. The third-order valence-corrected chi connectivity index (χ3v) is 4.53. The van der Waals surface area contributed by atoms with E-state index in [1.165, 1.54) is 12.4 Å². The van der Waals surface area contributed by atoms with E-state index in [4.69, 9.17) is 20.8 Å². The largest absolute Gasteiger partial charge is 0.449 e. The highest BCUT2D eigenvalue weighted by molar-refractivity contribution is 6.29. The Morgan fingerprint density at radius 2 is 2.07 bits per heavy atom. The van der Waals surface area contributed by atoms with Gasteiger partial charge in [0.05, 0.1) is 23.1 Å². The highest BCUT2D eigenvalue weighted by Crippen LogP contribution is 2.38. The second kappa shape index (κ2) is 6.28. The van der Waals surface area contributed by atoms with Gasteiger partial charge in [-0.1, -0.05) is 11.6 Å². The lowest BCUT2D eigenvalue weighted by Gasteiger charge is -2.07. The van der Waals surface area contributed by atoms with E-state index in [9.17, 15) is 4.79 Å². The van der Waals surface area contributed by atoms with Crippen molar-refractivity contribution in [1.29, 1.82) is 0 Å². The fourth-order valence-electron chi connectivity index (χ4n) is 3.12. The number of hydrogen-bond donors (Lipinski definition) is 1. The van der Waals surface area contributed by atoms with Crippen LogP contribution in [-0.2, 0) is 0 Å². The maximum Gasteiger partial charge on any atom is 0.314 e. The monoisotopic (exact) mass is 393 g/mol. The van der Waals surface area contributed by atoms with Gasteiger partial charge in [-0.2, -0.15) is 0 Å². The number of aliphatic imine (C=N–C) groups is 1. The molecule has 8 nitrogen and oxygen atoms in total. The lowest BCUT2D eigenvalue weighted by molar-refractivity contribution is 0.0980. The van der Waals surface area contributed by atoms with E-state index in [2.05, 4.69) is 25.3 Å². The van der Waals surface area contributed by atoms with Gasteiger partial charge >= 0.3 is 5.91 Å². The number of benzene rings is 1.